The molecule has 0 spiro atoms. The largest absolute Gasteiger partial charge is 0.351 e. The normalized spacial score (nSPS) is 16.7. The molecule has 1 aliphatic heterocycles. The van der Waals surface area contributed by atoms with Crippen LogP contribution in [0.15, 0.2) is 77.5 Å². The second-order valence-electron chi connectivity index (χ2n) is 6.63. The van der Waals surface area contributed by atoms with Crippen LogP contribution in [0.2, 0.25) is 0 Å². The maximum atomic E-state index is 13.9. The molecule has 146 valence electrons. The summed E-state index contributed by atoms with van der Waals surface area (Å²) in [5.74, 6) is 0.526. The highest BCUT2D eigenvalue weighted by molar-refractivity contribution is 7.80. The first-order valence-corrected chi connectivity index (χ1v) is 9.54. The first-order chi connectivity index (χ1) is 14.1. The number of benzene rings is 2. The summed E-state index contributed by atoms with van der Waals surface area (Å²) in [7, 11) is 0. The average molecular weight is 406 g/mol. The van der Waals surface area contributed by atoms with Gasteiger partial charge in [-0.2, -0.15) is 4.98 Å². The number of nitrogens with one attached hydrogen (secondary N) is 1. The Hall–Kier alpha value is -3.32. The van der Waals surface area contributed by atoms with E-state index in [0.29, 0.717) is 23.4 Å². The fraction of sp³-hybridized carbons (Fsp3) is 0.136. The Morgan fingerprint density at radius 2 is 2.03 bits per heavy atom. The number of rotatable bonds is 5. The second kappa shape index (κ2) is 7.97. The topological polar surface area (TPSA) is 54.2 Å². The molecule has 0 aliphatic carbocycles. The van der Waals surface area contributed by atoms with Crippen molar-refractivity contribution in [3.05, 3.63) is 90.2 Å². The van der Waals surface area contributed by atoms with Gasteiger partial charge in [0.2, 0.25) is 5.82 Å². The van der Waals surface area contributed by atoms with Crippen molar-refractivity contribution in [1.82, 2.24) is 20.4 Å². The molecule has 0 saturated heterocycles. The van der Waals surface area contributed by atoms with E-state index in [4.69, 9.17) is 16.7 Å². The first-order valence-electron chi connectivity index (χ1n) is 9.13. The molecule has 4 rings (SSSR count). The van der Waals surface area contributed by atoms with E-state index in [1.807, 2.05) is 48.2 Å². The van der Waals surface area contributed by atoms with Gasteiger partial charge in [0, 0.05) is 17.8 Å². The van der Waals surface area contributed by atoms with Crippen LogP contribution in [0.5, 0.6) is 0 Å². The molecule has 1 aromatic heterocycles. The number of hydrogen-bond donors (Lipinski definition) is 1. The van der Waals surface area contributed by atoms with Crippen molar-refractivity contribution in [2.24, 2.45) is 0 Å². The smallest absolute Gasteiger partial charge is 0.258 e. The number of thiocarbonyl (C=S) groups is 1. The molecule has 0 radical (unpaired) electrons. The van der Waals surface area contributed by atoms with Crippen LogP contribution in [0.4, 0.5) is 4.39 Å². The van der Waals surface area contributed by atoms with Crippen molar-refractivity contribution in [2.45, 2.75) is 13.0 Å². The van der Waals surface area contributed by atoms with Crippen LogP contribution in [-0.2, 0) is 0 Å². The molecular formula is C22H19FN4OS. The third-order valence-corrected chi connectivity index (χ3v) is 5.12. The SMILES string of the molecule is C=CCN1C(=S)NC(c2cccc(F)c2)C(c2nc(-c3ccccc3)no2)=C1C. The van der Waals surface area contributed by atoms with Crippen LogP contribution >= 0.6 is 12.2 Å². The Bertz CT molecular complexity index is 1090. The molecule has 7 heteroatoms. The maximum Gasteiger partial charge on any atom is 0.258 e. The van der Waals surface area contributed by atoms with Gasteiger partial charge < -0.3 is 14.7 Å². The fourth-order valence-electron chi connectivity index (χ4n) is 3.38. The van der Waals surface area contributed by atoms with E-state index in [1.165, 1.54) is 12.1 Å². The Morgan fingerprint density at radius 3 is 2.76 bits per heavy atom. The Kier molecular flexibility index (Phi) is 5.22. The molecule has 29 heavy (non-hydrogen) atoms. The third-order valence-electron chi connectivity index (χ3n) is 4.78. The number of nitrogens with zero attached hydrogens (tertiary/aromatic N) is 3. The molecule has 0 amide bonds. The van der Waals surface area contributed by atoms with Crippen molar-refractivity contribution >= 4 is 22.9 Å². The number of aromatic nitrogens is 2. The third kappa shape index (κ3) is 3.69. The minimum absolute atomic E-state index is 0.323. The quantitative estimate of drug-likeness (QED) is 0.489. The molecule has 0 fully saturated rings. The molecule has 2 aromatic carbocycles. The zero-order valence-corrected chi connectivity index (χ0v) is 16.6. The van der Waals surface area contributed by atoms with E-state index in [-0.39, 0.29) is 5.82 Å². The van der Waals surface area contributed by atoms with Crippen LogP contribution in [0, 0.1) is 5.82 Å². The van der Waals surface area contributed by atoms with Crippen LogP contribution in [0.25, 0.3) is 17.0 Å². The van der Waals surface area contributed by atoms with E-state index >= 15 is 0 Å². The molecule has 1 atom stereocenters. The first kappa shape index (κ1) is 19.0. The Morgan fingerprint density at radius 1 is 1.24 bits per heavy atom. The highest BCUT2D eigenvalue weighted by Crippen LogP contribution is 2.37. The maximum absolute atomic E-state index is 13.9. The molecule has 2 heterocycles. The Labute approximate surface area is 173 Å². The van der Waals surface area contributed by atoms with Crippen molar-refractivity contribution in [3.63, 3.8) is 0 Å². The summed E-state index contributed by atoms with van der Waals surface area (Å²) in [6.07, 6.45) is 1.76. The van der Waals surface area contributed by atoms with Crippen molar-refractivity contribution in [2.75, 3.05) is 6.54 Å². The molecule has 0 saturated carbocycles. The van der Waals surface area contributed by atoms with E-state index in [0.717, 1.165) is 22.4 Å². The van der Waals surface area contributed by atoms with E-state index < -0.39 is 6.04 Å². The molecule has 3 aromatic rings. The summed E-state index contributed by atoms with van der Waals surface area (Å²) in [5, 5.41) is 7.95. The predicted octanol–water partition coefficient (Wildman–Crippen LogP) is 4.72. The average Bonchev–Trinajstić information content (AvgIpc) is 3.21. The van der Waals surface area contributed by atoms with Gasteiger partial charge in [-0.3, -0.25) is 0 Å². The van der Waals surface area contributed by atoms with Gasteiger partial charge in [-0.25, -0.2) is 4.39 Å². The molecular weight excluding hydrogens is 387 g/mol. The minimum atomic E-state index is -0.414. The van der Waals surface area contributed by atoms with Crippen LogP contribution in [0.3, 0.4) is 0 Å². The number of hydrogen-bond acceptors (Lipinski definition) is 4. The summed E-state index contributed by atoms with van der Waals surface area (Å²) < 4.78 is 19.5. The second-order valence-corrected chi connectivity index (χ2v) is 7.01. The summed E-state index contributed by atoms with van der Waals surface area (Å²) >= 11 is 5.54. The van der Waals surface area contributed by atoms with Gasteiger partial charge in [0.15, 0.2) is 5.11 Å². The van der Waals surface area contributed by atoms with Crippen LogP contribution in [-0.4, -0.2) is 26.7 Å². The summed E-state index contributed by atoms with van der Waals surface area (Å²) in [6.45, 7) is 6.26. The zero-order valence-electron chi connectivity index (χ0n) is 15.8. The zero-order chi connectivity index (χ0) is 20.4. The Balaban J connectivity index is 1.84. The van der Waals surface area contributed by atoms with E-state index in [1.54, 1.807) is 12.1 Å². The lowest BCUT2D eigenvalue weighted by Crippen LogP contribution is -2.45. The standard InChI is InChI=1S/C22H19FN4OS/c1-3-12-27-14(2)18(19(24-22(27)29)16-10-7-11-17(23)13-16)21-25-20(26-28-21)15-8-5-4-6-9-15/h3-11,13,19H,1,12H2,2H3,(H,24,29). The molecule has 1 N–H and O–H groups in total. The molecule has 1 aliphatic rings. The molecule has 1 unspecified atom stereocenters. The van der Waals surface area contributed by atoms with Gasteiger partial charge in [0.25, 0.3) is 5.89 Å². The predicted molar refractivity (Wildman–Crippen MR) is 114 cm³/mol. The highest BCUT2D eigenvalue weighted by Gasteiger charge is 2.33. The van der Waals surface area contributed by atoms with E-state index in [2.05, 4.69) is 22.0 Å². The van der Waals surface area contributed by atoms with Gasteiger partial charge in [0.1, 0.15) is 5.82 Å². The summed E-state index contributed by atoms with van der Waals surface area (Å²) in [6, 6.07) is 15.6. The summed E-state index contributed by atoms with van der Waals surface area (Å²) in [5.41, 5.74) is 3.18. The lowest BCUT2D eigenvalue weighted by molar-refractivity contribution is 0.399. The van der Waals surface area contributed by atoms with Crippen LogP contribution in [0.1, 0.15) is 24.4 Å². The van der Waals surface area contributed by atoms with Gasteiger partial charge in [-0.05, 0) is 36.8 Å². The van der Waals surface area contributed by atoms with Gasteiger partial charge in [-0.15, -0.1) is 6.58 Å². The van der Waals surface area contributed by atoms with E-state index in [9.17, 15) is 4.39 Å². The molecule has 5 nitrogen and oxygen atoms in total. The van der Waals surface area contributed by atoms with Crippen molar-refractivity contribution in [3.8, 4) is 11.4 Å². The van der Waals surface area contributed by atoms with Crippen molar-refractivity contribution < 1.29 is 8.91 Å². The lowest BCUT2D eigenvalue weighted by atomic mass is 9.94. The fourth-order valence-corrected chi connectivity index (χ4v) is 3.71. The minimum Gasteiger partial charge on any atom is -0.351 e. The van der Waals surface area contributed by atoms with Crippen LogP contribution < -0.4 is 5.32 Å². The number of halogens is 1. The van der Waals surface area contributed by atoms with Crippen molar-refractivity contribution in [1.29, 1.82) is 0 Å². The number of allylic oxidation sites excluding steroid dienone is 1. The van der Waals surface area contributed by atoms with Gasteiger partial charge in [0.05, 0.1) is 11.6 Å². The highest BCUT2D eigenvalue weighted by atomic mass is 32.1. The van der Waals surface area contributed by atoms with Gasteiger partial charge in [-0.1, -0.05) is 53.7 Å². The lowest BCUT2D eigenvalue weighted by Gasteiger charge is -2.36. The van der Waals surface area contributed by atoms with Gasteiger partial charge >= 0.3 is 0 Å². The molecule has 0 bridgehead atoms. The monoisotopic (exact) mass is 406 g/mol. The summed E-state index contributed by atoms with van der Waals surface area (Å²) in [4.78, 5) is 6.51.